The summed E-state index contributed by atoms with van der Waals surface area (Å²) in [7, 11) is -3.38. The molecule has 0 amide bonds. The second kappa shape index (κ2) is 6.44. The van der Waals surface area contributed by atoms with E-state index < -0.39 is 10.0 Å². The van der Waals surface area contributed by atoms with Crippen LogP contribution in [0.1, 0.15) is 6.92 Å². The highest BCUT2D eigenvalue weighted by Gasteiger charge is 2.12. The van der Waals surface area contributed by atoms with Gasteiger partial charge in [-0.15, -0.1) is 0 Å². The highest BCUT2D eigenvalue weighted by molar-refractivity contribution is 7.92. The number of anilines is 1. The average Bonchev–Trinajstić information content (AvgIpc) is 2.22. The molecule has 7 heteroatoms. The van der Waals surface area contributed by atoms with E-state index in [4.69, 9.17) is 23.2 Å². The fourth-order valence-electron chi connectivity index (χ4n) is 1.17. The Morgan fingerprint density at radius 2 is 2.00 bits per heavy atom. The van der Waals surface area contributed by atoms with Crippen molar-refractivity contribution in [2.75, 3.05) is 23.6 Å². The van der Waals surface area contributed by atoms with Gasteiger partial charge >= 0.3 is 0 Å². The third-order valence-corrected chi connectivity index (χ3v) is 3.81. The normalized spacial score (nSPS) is 11.5. The van der Waals surface area contributed by atoms with Crippen LogP contribution in [0, 0.1) is 0 Å². The molecule has 96 valence electrons. The summed E-state index contributed by atoms with van der Waals surface area (Å²) in [5, 5.41) is 3.69. The topological polar surface area (TPSA) is 58.2 Å². The lowest BCUT2D eigenvalue weighted by atomic mass is 10.3. The molecule has 0 aliphatic heterocycles. The first-order valence-electron chi connectivity index (χ1n) is 5.11. The van der Waals surface area contributed by atoms with Crippen LogP contribution in [0.25, 0.3) is 0 Å². The summed E-state index contributed by atoms with van der Waals surface area (Å²) in [5.41, 5.74) is 0.340. The van der Waals surface area contributed by atoms with Gasteiger partial charge in [-0.05, 0) is 24.7 Å². The zero-order valence-corrected chi connectivity index (χ0v) is 11.7. The van der Waals surface area contributed by atoms with Crippen LogP contribution in [-0.2, 0) is 10.0 Å². The van der Waals surface area contributed by atoms with Crippen molar-refractivity contribution in [1.29, 1.82) is 0 Å². The molecule has 0 heterocycles. The zero-order valence-electron chi connectivity index (χ0n) is 9.33. The Hall–Kier alpha value is -0.490. The van der Waals surface area contributed by atoms with Gasteiger partial charge in [-0.1, -0.05) is 30.1 Å². The standard InChI is InChI=1S/C10H14Cl2N2O2S/c1-2-13-5-6-17(15,16)14-10-4-3-8(11)7-9(10)12/h3-4,7,13-14H,2,5-6H2,1H3. The average molecular weight is 297 g/mol. The molecule has 0 aromatic heterocycles. The minimum absolute atomic E-state index is 0.000203. The van der Waals surface area contributed by atoms with Gasteiger partial charge in [0, 0.05) is 11.6 Å². The van der Waals surface area contributed by atoms with Gasteiger partial charge in [0.2, 0.25) is 10.0 Å². The molecule has 0 unspecified atom stereocenters. The van der Waals surface area contributed by atoms with Crippen molar-refractivity contribution in [3.63, 3.8) is 0 Å². The predicted octanol–water partition coefficient (Wildman–Crippen LogP) is 2.34. The summed E-state index contributed by atoms with van der Waals surface area (Å²) in [6.45, 7) is 3.05. The molecule has 0 saturated carbocycles. The Morgan fingerprint density at radius 1 is 1.29 bits per heavy atom. The van der Waals surface area contributed by atoms with Gasteiger partial charge in [0.05, 0.1) is 16.5 Å². The van der Waals surface area contributed by atoms with E-state index in [2.05, 4.69) is 10.0 Å². The van der Waals surface area contributed by atoms with Crippen LogP contribution in [0.3, 0.4) is 0 Å². The van der Waals surface area contributed by atoms with Gasteiger partial charge in [-0.3, -0.25) is 4.72 Å². The number of nitrogens with one attached hydrogen (secondary N) is 2. The van der Waals surface area contributed by atoms with Crippen LogP contribution in [0.15, 0.2) is 18.2 Å². The van der Waals surface area contributed by atoms with Crippen LogP contribution < -0.4 is 10.0 Å². The minimum atomic E-state index is -3.38. The fraction of sp³-hybridized carbons (Fsp3) is 0.400. The molecule has 1 aromatic carbocycles. The fourth-order valence-corrected chi connectivity index (χ4v) is 2.71. The maximum Gasteiger partial charge on any atom is 0.234 e. The van der Waals surface area contributed by atoms with Gasteiger partial charge in [-0.25, -0.2) is 8.42 Å². The summed E-state index contributed by atoms with van der Waals surface area (Å²) in [4.78, 5) is 0. The summed E-state index contributed by atoms with van der Waals surface area (Å²) < 4.78 is 25.8. The Morgan fingerprint density at radius 3 is 2.59 bits per heavy atom. The zero-order chi connectivity index (χ0) is 12.9. The second-order valence-corrected chi connectivity index (χ2v) is 6.08. The van der Waals surface area contributed by atoms with E-state index in [1.165, 1.54) is 12.1 Å². The Balaban J connectivity index is 2.69. The van der Waals surface area contributed by atoms with Crippen molar-refractivity contribution in [3.8, 4) is 0 Å². The Labute approximate surface area is 111 Å². The van der Waals surface area contributed by atoms with E-state index in [0.29, 0.717) is 17.3 Å². The van der Waals surface area contributed by atoms with Crippen molar-refractivity contribution in [2.24, 2.45) is 0 Å². The van der Waals surface area contributed by atoms with Gasteiger partial charge in [0.25, 0.3) is 0 Å². The van der Waals surface area contributed by atoms with Crippen molar-refractivity contribution >= 4 is 38.9 Å². The molecule has 0 aliphatic carbocycles. The lowest BCUT2D eigenvalue weighted by Crippen LogP contribution is -2.26. The number of hydrogen-bond donors (Lipinski definition) is 2. The maximum absolute atomic E-state index is 11.7. The van der Waals surface area contributed by atoms with Crippen LogP contribution in [-0.4, -0.2) is 27.3 Å². The van der Waals surface area contributed by atoms with E-state index in [1.807, 2.05) is 6.92 Å². The highest BCUT2D eigenvalue weighted by Crippen LogP contribution is 2.26. The third kappa shape index (κ3) is 5.12. The van der Waals surface area contributed by atoms with Crippen molar-refractivity contribution in [3.05, 3.63) is 28.2 Å². The summed E-state index contributed by atoms with van der Waals surface area (Å²) >= 11 is 11.6. The third-order valence-electron chi connectivity index (χ3n) is 1.99. The molecule has 0 atom stereocenters. The van der Waals surface area contributed by atoms with E-state index in [1.54, 1.807) is 6.07 Å². The van der Waals surface area contributed by atoms with Gasteiger partial charge in [0.1, 0.15) is 0 Å². The first kappa shape index (κ1) is 14.6. The smallest absolute Gasteiger partial charge is 0.234 e. The van der Waals surface area contributed by atoms with E-state index in [0.717, 1.165) is 6.54 Å². The number of hydrogen-bond acceptors (Lipinski definition) is 3. The molecule has 0 saturated heterocycles. The molecule has 0 bridgehead atoms. The lowest BCUT2D eigenvalue weighted by Gasteiger charge is -2.09. The number of halogens is 2. The van der Waals surface area contributed by atoms with E-state index >= 15 is 0 Å². The van der Waals surface area contributed by atoms with Crippen molar-refractivity contribution in [2.45, 2.75) is 6.92 Å². The first-order valence-corrected chi connectivity index (χ1v) is 7.51. The van der Waals surface area contributed by atoms with Crippen LogP contribution in [0.5, 0.6) is 0 Å². The lowest BCUT2D eigenvalue weighted by molar-refractivity contribution is 0.597. The molecule has 1 rings (SSSR count). The first-order chi connectivity index (χ1) is 7.94. The van der Waals surface area contributed by atoms with Crippen LogP contribution >= 0.6 is 23.2 Å². The quantitative estimate of drug-likeness (QED) is 0.792. The highest BCUT2D eigenvalue weighted by atomic mass is 35.5. The van der Waals surface area contributed by atoms with Crippen molar-refractivity contribution in [1.82, 2.24) is 5.32 Å². The maximum atomic E-state index is 11.7. The molecule has 2 N–H and O–H groups in total. The molecule has 0 radical (unpaired) electrons. The summed E-state index contributed by atoms with van der Waals surface area (Å²) in [6, 6.07) is 4.61. The Bertz CT molecular complexity index is 477. The second-order valence-electron chi connectivity index (χ2n) is 3.40. The monoisotopic (exact) mass is 296 g/mol. The van der Waals surface area contributed by atoms with Gasteiger partial charge < -0.3 is 5.32 Å². The molecular weight excluding hydrogens is 283 g/mol. The Kier molecular flexibility index (Phi) is 5.52. The molecule has 1 aromatic rings. The molecular formula is C10H14Cl2N2O2S. The minimum Gasteiger partial charge on any atom is -0.316 e. The number of benzene rings is 1. The summed E-state index contributed by atoms with van der Waals surface area (Å²) in [6.07, 6.45) is 0. The largest absolute Gasteiger partial charge is 0.316 e. The SMILES string of the molecule is CCNCCS(=O)(=O)Nc1ccc(Cl)cc1Cl. The molecule has 0 spiro atoms. The van der Waals surface area contributed by atoms with Crippen LogP contribution in [0.2, 0.25) is 10.0 Å². The molecule has 0 fully saturated rings. The molecule has 0 aliphatic rings. The predicted molar refractivity (Wildman–Crippen MR) is 72.4 cm³/mol. The van der Waals surface area contributed by atoms with Crippen LogP contribution in [0.4, 0.5) is 5.69 Å². The van der Waals surface area contributed by atoms with Gasteiger partial charge in [0.15, 0.2) is 0 Å². The number of rotatable bonds is 6. The van der Waals surface area contributed by atoms with Crippen molar-refractivity contribution < 1.29 is 8.42 Å². The van der Waals surface area contributed by atoms with E-state index in [-0.39, 0.29) is 10.8 Å². The molecule has 17 heavy (non-hydrogen) atoms. The van der Waals surface area contributed by atoms with E-state index in [9.17, 15) is 8.42 Å². The molecule has 4 nitrogen and oxygen atoms in total. The summed E-state index contributed by atoms with van der Waals surface area (Å²) in [5.74, 6) is -0.000203. The number of sulfonamides is 1. The van der Waals surface area contributed by atoms with Gasteiger partial charge in [-0.2, -0.15) is 0 Å².